The van der Waals surface area contributed by atoms with E-state index < -0.39 is 0 Å². The Morgan fingerprint density at radius 1 is 1.00 bits per heavy atom. The molecule has 154 valence electrons. The van der Waals surface area contributed by atoms with Gasteiger partial charge in [-0.15, -0.1) is 0 Å². The van der Waals surface area contributed by atoms with Crippen molar-refractivity contribution in [3.05, 3.63) is 53.0 Å². The lowest BCUT2D eigenvalue weighted by molar-refractivity contribution is 0.0725. The number of amides is 1. The molecule has 2 aromatic rings. The lowest BCUT2D eigenvalue weighted by Crippen LogP contribution is -2.35. The van der Waals surface area contributed by atoms with E-state index >= 15 is 0 Å². The number of ether oxygens (including phenoxy) is 1. The summed E-state index contributed by atoms with van der Waals surface area (Å²) in [7, 11) is 0. The maximum Gasteiger partial charge on any atom is 0.289 e. The summed E-state index contributed by atoms with van der Waals surface area (Å²) in [5, 5.41) is 0. The highest BCUT2D eigenvalue weighted by Crippen LogP contribution is 2.30. The third-order valence-corrected chi connectivity index (χ3v) is 6.41. The second kappa shape index (κ2) is 8.23. The van der Waals surface area contributed by atoms with Crippen LogP contribution in [0, 0.1) is 5.92 Å². The fourth-order valence-electron chi connectivity index (χ4n) is 4.54. The Morgan fingerprint density at radius 2 is 1.90 bits per heavy atom. The number of furan rings is 1. The van der Waals surface area contributed by atoms with Crippen molar-refractivity contribution in [2.75, 3.05) is 32.7 Å². The number of carbonyl (C=O) groups excluding carboxylic acids is 1. The van der Waals surface area contributed by atoms with Gasteiger partial charge in [-0.2, -0.15) is 0 Å². The highest BCUT2D eigenvalue weighted by molar-refractivity contribution is 5.91. The van der Waals surface area contributed by atoms with Gasteiger partial charge in [0, 0.05) is 26.2 Å². The van der Waals surface area contributed by atoms with E-state index in [1.54, 1.807) is 6.07 Å². The van der Waals surface area contributed by atoms with Crippen molar-refractivity contribution in [2.24, 2.45) is 5.92 Å². The summed E-state index contributed by atoms with van der Waals surface area (Å²) in [5.74, 6) is 2.89. The van der Waals surface area contributed by atoms with Gasteiger partial charge in [0.25, 0.3) is 5.91 Å². The zero-order valence-corrected chi connectivity index (χ0v) is 17.1. The largest absolute Gasteiger partial charge is 0.486 e. The van der Waals surface area contributed by atoms with E-state index in [0.29, 0.717) is 18.1 Å². The second-order valence-electron chi connectivity index (χ2n) is 8.73. The van der Waals surface area contributed by atoms with Crippen LogP contribution < -0.4 is 4.74 Å². The van der Waals surface area contributed by atoms with E-state index in [-0.39, 0.29) is 5.91 Å². The van der Waals surface area contributed by atoms with Crippen molar-refractivity contribution in [1.29, 1.82) is 0 Å². The van der Waals surface area contributed by atoms with Gasteiger partial charge in [-0.25, -0.2) is 0 Å². The van der Waals surface area contributed by atoms with Crippen molar-refractivity contribution < 1.29 is 13.9 Å². The Morgan fingerprint density at radius 3 is 2.79 bits per heavy atom. The van der Waals surface area contributed by atoms with E-state index in [1.165, 1.54) is 43.4 Å². The van der Waals surface area contributed by atoms with E-state index in [1.807, 2.05) is 17.0 Å². The topological polar surface area (TPSA) is 45.9 Å². The molecule has 0 atom stereocenters. The highest BCUT2D eigenvalue weighted by Gasteiger charge is 2.27. The van der Waals surface area contributed by atoms with Crippen LogP contribution in [0.2, 0.25) is 0 Å². The maximum absolute atomic E-state index is 12.9. The first-order chi connectivity index (χ1) is 14.2. The highest BCUT2D eigenvalue weighted by atomic mass is 16.5. The zero-order chi connectivity index (χ0) is 19.6. The van der Waals surface area contributed by atoms with Gasteiger partial charge in [-0.1, -0.05) is 6.07 Å². The minimum absolute atomic E-state index is 0.00190. The third-order valence-electron chi connectivity index (χ3n) is 6.41. The van der Waals surface area contributed by atoms with Crippen LogP contribution in [0.15, 0.2) is 34.7 Å². The molecule has 2 heterocycles. The molecule has 1 saturated carbocycles. The normalized spacial score (nSPS) is 19.8. The molecule has 5 heteroatoms. The number of carbonyl (C=O) groups is 1. The molecular formula is C24H30N2O3. The molecule has 3 aliphatic rings. The first-order valence-corrected chi connectivity index (χ1v) is 11.1. The molecule has 5 rings (SSSR count). The van der Waals surface area contributed by atoms with Gasteiger partial charge in [0.15, 0.2) is 5.76 Å². The van der Waals surface area contributed by atoms with Crippen LogP contribution in [0.5, 0.6) is 5.75 Å². The molecule has 2 aliphatic carbocycles. The quantitative estimate of drug-likeness (QED) is 0.745. The molecule has 0 unspecified atom stereocenters. The molecule has 0 bridgehead atoms. The molecule has 1 amide bonds. The van der Waals surface area contributed by atoms with Gasteiger partial charge in [0.1, 0.15) is 18.1 Å². The van der Waals surface area contributed by atoms with Gasteiger partial charge in [-0.05, 0) is 86.4 Å². The summed E-state index contributed by atoms with van der Waals surface area (Å²) in [6.45, 7) is 5.21. The van der Waals surface area contributed by atoms with Crippen LogP contribution in [-0.4, -0.2) is 48.4 Å². The Kier molecular flexibility index (Phi) is 5.32. The number of rotatable bonds is 6. The first kappa shape index (κ1) is 18.7. The number of hydrogen-bond acceptors (Lipinski definition) is 4. The molecular weight excluding hydrogens is 364 g/mol. The van der Waals surface area contributed by atoms with Crippen LogP contribution in [0.1, 0.15) is 53.1 Å². The van der Waals surface area contributed by atoms with Gasteiger partial charge in [0.05, 0.1) is 0 Å². The lowest BCUT2D eigenvalue weighted by atomic mass is 10.1. The van der Waals surface area contributed by atoms with Crippen molar-refractivity contribution >= 4 is 5.91 Å². The maximum atomic E-state index is 12.9. The third kappa shape index (κ3) is 4.50. The minimum atomic E-state index is 0.00190. The van der Waals surface area contributed by atoms with Gasteiger partial charge >= 0.3 is 0 Å². The Balaban J connectivity index is 1.15. The average Bonchev–Trinajstić information content (AvgIpc) is 3.30. The Labute approximate surface area is 172 Å². The monoisotopic (exact) mass is 394 g/mol. The number of aryl methyl sites for hydroxylation is 2. The lowest BCUT2D eigenvalue weighted by Gasteiger charge is -2.21. The zero-order valence-electron chi connectivity index (χ0n) is 17.1. The summed E-state index contributed by atoms with van der Waals surface area (Å²) in [6, 6.07) is 9.99. The summed E-state index contributed by atoms with van der Waals surface area (Å²) >= 11 is 0. The molecule has 5 nitrogen and oxygen atoms in total. The van der Waals surface area contributed by atoms with Crippen LogP contribution in [-0.2, 0) is 19.4 Å². The van der Waals surface area contributed by atoms with Crippen LogP contribution in [0.4, 0.5) is 0 Å². The van der Waals surface area contributed by atoms with Crippen LogP contribution in [0.25, 0.3) is 0 Å². The predicted molar refractivity (Wildman–Crippen MR) is 111 cm³/mol. The molecule has 0 radical (unpaired) electrons. The molecule has 29 heavy (non-hydrogen) atoms. The summed E-state index contributed by atoms with van der Waals surface area (Å²) in [6.07, 6.45) is 7.34. The fraction of sp³-hybridized carbons (Fsp3) is 0.542. The second-order valence-corrected chi connectivity index (χ2v) is 8.73. The first-order valence-electron chi connectivity index (χ1n) is 11.1. The van der Waals surface area contributed by atoms with Crippen molar-refractivity contribution in [1.82, 2.24) is 9.80 Å². The number of benzene rings is 1. The molecule has 1 aromatic carbocycles. The fourth-order valence-corrected chi connectivity index (χ4v) is 4.54. The summed E-state index contributed by atoms with van der Waals surface area (Å²) in [4.78, 5) is 17.3. The predicted octanol–water partition coefficient (Wildman–Crippen LogP) is 3.91. The van der Waals surface area contributed by atoms with Crippen LogP contribution in [0.3, 0.4) is 0 Å². The van der Waals surface area contributed by atoms with E-state index in [4.69, 9.17) is 9.15 Å². The van der Waals surface area contributed by atoms with E-state index in [2.05, 4.69) is 17.0 Å². The Bertz CT molecular complexity index is 871. The molecule has 1 aliphatic heterocycles. The molecule has 0 N–H and O–H groups in total. The van der Waals surface area contributed by atoms with Gasteiger partial charge < -0.3 is 19.0 Å². The van der Waals surface area contributed by atoms with Crippen LogP contribution >= 0.6 is 0 Å². The standard InChI is InChI=1S/C24H30N2O3/c27-24(26-12-2-11-25(13-14-26)16-18-5-6-18)23-10-9-22(29-23)17-28-21-8-7-19-3-1-4-20(19)15-21/h7-10,15,18H,1-6,11-14,16-17H2. The number of hydrogen-bond donors (Lipinski definition) is 0. The summed E-state index contributed by atoms with van der Waals surface area (Å²) in [5.41, 5.74) is 2.84. The molecule has 0 spiro atoms. The van der Waals surface area contributed by atoms with Gasteiger partial charge in [-0.3, -0.25) is 4.79 Å². The van der Waals surface area contributed by atoms with Gasteiger partial charge in [0.2, 0.25) is 0 Å². The SMILES string of the molecule is O=C(c1ccc(COc2ccc3c(c2)CCC3)o1)N1CCCN(CC2CC2)CC1. The minimum Gasteiger partial charge on any atom is -0.486 e. The van der Waals surface area contributed by atoms with Crippen molar-refractivity contribution in [2.45, 2.75) is 45.1 Å². The average molecular weight is 395 g/mol. The Hall–Kier alpha value is -2.27. The van der Waals surface area contributed by atoms with Crippen molar-refractivity contribution in [3.8, 4) is 5.75 Å². The summed E-state index contributed by atoms with van der Waals surface area (Å²) < 4.78 is 11.7. The molecule has 1 aromatic heterocycles. The molecule has 2 fully saturated rings. The number of fused-ring (bicyclic) bond motifs is 1. The number of nitrogens with zero attached hydrogens (tertiary/aromatic N) is 2. The smallest absolute Gasteiger partial charge is 0.289 e. The molecule has 1 saturated heterocycles. The van der Waals surface area contributed by atoms with Crippen molar-refractivity contribution in [3.63, 3.8) is 0 Å². The van der Waals surface area contributed by atoms with E-state index in [0.717, 1.165) is 50.7 Å². The van der Waals surface area contributed by atoms with E-state index in [9.17, 15) is 4.79 Å².